The fraction of sp³-hybridized carbons (Fsp3) is 0. The third-order valence-corrected chi connectivity index (χ3v) is 11.9. The second kappa shape index (κ2) is 18.1. The number of benzene rings is 9. The SMILES string of the molecule is c1ccc(-c2cc(-c3ccccc3)nc(-c3cccc(-c4cc(-c5ccccc5)c(-c5cccc(-c6nc(-c7ccccc7)cc(-c7ccccc7)n6)c5)c(-c5ccccc5)c4)c3)n2)cc1. The molecule has 0 saturated carbocycles. The maximum Gasteiger partial charge on any atom is 0.160 e. The zero-order valence-electron chi connectivity index (χ0n) is 36.0. The molecule has 0 bridgehead atoms. The Hall–Kier alpha value is -8.86. The maximum atomic E-state index is 5.21. The number of aromatic nitrogens is 4. The fourth-order valence-corrected chi connectivity index (χ4v) is 8.64. The summed E-state index contributed by atoms with van der Waals surface area (Å²) < 4.78 is 0. The lowest BCUT2D eigenvalue weighted by Crippen LogP contribution is -1.97. The minimum absolute atomic E-state index is 0.669. The first-order valence-corrected chi connectivity index (χ1v) is 22.2. The van der Waals surface area contributed by atoms with Crippen molar-refractivity contribution in [2.75, 3.05) is 0 Å². The van der Waals surface area contributed by atoms with E-state index in [4.69, 9.17) is 19.9 Å². The van der Waals surface area contributed by atoms with Gasteiger partial charge in [0.1, 0.15) is 0 Å². The van der Waals surface area contributed by atoms with E-state index >= 15 is 0 Å². The second-order valence-corrected chi connectivity index (χ2v) is 16.2. The van der Waals surface area contributed by atoms with Gasteiger partial charge < -0.3 is 0 Å². The van der Waals surface area contributed by atoms with E-state index < -0.39 is 0 Å². The molecule has 0 unspecified atom stereocenters. The average molecular weight is 843 g/mol. The van der Waals surface area contributed by atoms with Gasteiger partial charge in [0.15, 0.2) is 11.6 Å². The summed E-state index contributed by atoms with van der Waals surface area (Å²) in [7, 11) is 0. The van der Waals surface area contributed by atoms with Crippen LogP contribution in [0, 0.1) is 0 Å². The first kappa shape index (κ1) is 40.0. The lowest BCUT2D eigenvalue weighted by atomic mass is 9.84. The molecule has 310 valence electrons. The summed E-state index contributed by atoms with van der Waals surface area (Å²) in [6.07, 6.45) is 0. The molecule has 4 heteroatoms. The van der Waals surface area contributed by atoms with Crippen molar-refractivity contribution in [2.24, 2.45) is 0 Å². The van der Waals surface area contributed by atoms with Gasteiger partial charge in [-0.15, -0.1) is 0 Å². The van der Waals surface area contributed by atoms with Gasteiger partial charge in [-0.05, 0) is 80.9 Å². The molecule has 0 aliphatic rings. The molecule has 0 aliphatic heterocycles. The normalized spacial score (nSPS) is 11.0. The molecular formula is C62H42N4. The van der Waals surface area contributed by atoms with Crippen LogP contribution in [0.4, 0.5) is 0 Å². The average Bonchev–Trinajstić information content (AvgIpc) is 3.42. The van der Waals surface area contributed by atoms with Crippen molar-refractivity contribution in [3.8, 4) is 112 Å². The van der Waals surface area contributed by atoms with E-state index in [0.29, 0.717) is 11.6 Å². The van der Waals surface area contributed by atoms with Crippen LogP contribution in [0.1, 0.15) is 0 Å². The lowest BCUT2D eigenvalue weighted by molar-refractivity contribution is 1.18. The summed E-state index contributed by atoms with van der Waals surface area (Å²) in [5, 5.41) is 0. The van der Waals surface area contributed by atoms with E-state index in [1.165, 1.54) is 0 Å². The van der Waals surface area contributed by atoms with Crippen molar-refractivity contribution in [3.63, 3.8) is 0 Å². The Kier molecular flexibility index (Phi) is 10.9. The van der Waals surface area contributed by atoms with Gasteiger partial charge in [-0.2, -0.15) is 0 Å². The van der Waals surface area contributed by atoms with Crippen LogP contribution < -0.4 is 0 Å². The molecule has 0 saturated heterocycles. The number of rotatable bonds is 10. The summed E-state index contributed by atoms with van der Waals surface area (Å²) in [5.74, 6) is 1.34. The molecule has 9 aromatic carbocycles. The Balaban J connectivity index is 1.09. The van der Waals surface area contributed by atoms with E-state index in [2.05, 4.69) is 206 Å². The summed E-state index contributed by atoms with van der Waals surface area (Å²) in [5.41, 5.74) is 18.4. The highest BCUT2D eigenvalue weighted by Crippen LogP contribution is 2.44. The van der Waals surface area contributed by atoms with Crippen LogP contribution in [0.25, 0.3) is 112 Å². The van der Waals surface area contributed by atoms with E-state index in [0.717, 1.165) is 101 Å². The van der Waals surface area contributed by atoms with Crippen LogP contribution in [0.15, 0.2) is 255 Å². The minimum Gasteiger partial charge on any atom is -0.228 e. The Morgan fingerprint density at radius 3 is 0.803 bits per heavy atom. The van der Waals surface area contributed by atoms with Gasteiger partial charge in [0.05, 0.1) is 22.8 Å². The summed E-state index contributed by atoms with van der Waals surface area (Å²) in [4.78, 5) is 20.8. The van der Waals surface area contributed by atoms with E-state index in [9.17, 15) is 0 Å². The van der Waals surface area contributed by atoms with Gasteiger partial charge in [-0.3, -0.25) is 0 Å². The summed E-state index contributed by atoms with van der Waals surface area (Å²) >= 11 is 0. The molecule has 0 spiro atoms. The number of hydrogen-bond acceptors (Lipinski definition) is 4. The van der Waals surface area contributed by atoms with Gasteiger partial charge >= 0.3 is 0 Å². The Morgan fingerprint density at radius 2 is 0.455 bits per heavy atom. The van der Waals surface area contributed by atoms with Crippen molar-refractivity contribution < 1.29 is 0 Å². The van der Waals surface area contributed by atoms with Crippen molar-refractivity contribution in [1.29, 1.82) is 0 Å². The Bertz CT molecular complexity index is 3260. The highest BCUT2D eigenvalue weighted by molar-refractivity contribution is 5.98. The van der Waals surface area contributed by atoms with Crippen molar-refractivity contribution >= 4 is 0 Å². The van der Waals surface area contributed by atoms with Gasteiger partial charge in [-0.25, -0.2) is 19.9 Å². The van der Waals surface area contributed by atoms with E-state index in [1.807, 2.05) is 48.5 Å². The predicted molar refractivity (Wildman–Crippen MR) is 272 cm³/mol. The molecule has 11 aromatic rings. The highest BCUT2D eigenvalue weighted by Gasteiger charge is 2.20. The monoisotopic (exact) mass is 842 g/mol. The van der Waals surface area contributed by atoms with Crippen molar-refractivity contribution in [2.45, 2.75) is 0 Å². The molecule has 0 N–H and O–H groups in total. The number of hydrogen-bond donors (Lipinski definition) is 0. The molecule has 0 atom stereocenters. The quantitative estimate of drug-likeness (QED) is 0.138. The van der Waals surface area contributed by atoms with Gasteiger partial charge in [0.25, 0.3) is 0 Å². The van der Waals surface area contributed by atoms with Gasteiger partial charge in [-0.1, -0.05) is 218 Å². The first-order valence-electron chi connectivity index (χ1n) is 22.2. The molecule has 0 radical (unpaired) electrons. The molecule has 66 heavy (non-hydrogen) atoms. The van der Waals surface area contributed by atoms with Crippen LogP contribution in [0.5, 0.6) is 0 Å². The molecule has 4 nitrogen and oxygen atoms in total. The molecular weight excluding hydrogens is 801 g/mol. The predicted octanol–water partition coefficient (Wildman–Crippen LogP) is 15.9. The van der Waals surface area contributed by atoms with Gasteiger partial charge in [0, 0.05) is 33.4 Å². The molecule has 0 amide bonds. The smallest absolute Gasteiger partial charge is 0.160 e. The second-order valence-electron chi connectivity index (χ2n) is 16.2. The Labute approximate surface area is 385 Å². The molecule has 2 heterocycles. The molecule has 2 aromatic heterocycles. The van der Waals surface area contributed by atoms with Crippen LogP contribution in [-0.4, -0.2) is 19.9 Å². The first-order chi connectivity index (χ1) is 32.7. The zero-order chi connectivity index (χ0) is 44.1. The van der Waals surface area contributed by atoms with Crippen molar-refractivity contribution in [3.05, 3.63) is 255 Å². The van der Waals surface area contributed by atoms with Crippen LogP contribution >= 0.6 is 0 Å². The lowest BCUT2D eigenvalue weighted by Gasteiger charge is -2.20. The summed E-state index contributed by atoms with van der Waals surface area (Å²) in [6, 6.07) is 88.9. The van der Waals surface area contributed by atoms with E-state index in [1.54, 1.807) is 0 Å². The highest BCUT2D eigenvalue weighted by atomic mass is 14.9. The van der Waals surface area contributed by atoms with Crippen LogP contribution in [-0.2, 0) is 0 Å². The van der Waals surface area contributed by atoms with E-state index in [-0.39, 0.29) is 0 Å². The molecule has 0 aliphatic carbocycles. The van der Waals surface area contributed by atoms with Crippen molar-refractivity contribution in [1.82, 2.24) is 19.9 Å². The zero-order valence-corrected chi connectivity index (χ0v) is 36.0. The largest absolute Gasteiger partial charge is 0.228 e. The standard InChI is InChI=1S/C62H42N4/c1-7-21-43(22-8-1)54-39-53(49-33-19-35-51(37-49)61-63-56(45-25-11-3-12-26-45)41-57(64-61)46-27-13-4-14-28-46)40-55(44-23-9-2-10-24-44)60(54)50-34-20-36-52(38-50)62-65-58(47-29-15-5-16-30-47)42-59(66-62)48-31-17-6-18-32-48/h1-42H. The fourth-order valence-electron chi connectivity index (χ4n) is 8.64. The van der Waals surface area contributed by atoms with Crippen LogP contribution in [0.3, 0.4) is 0 Å². The molecule has 0 fully saturated rings. The maximum absolute atomic E-state index is 5.21. The topological polar surface area (TPSA) is 51.6 Å². The third-order valence-electron chi connectivity index (χ3n) is 11.9. The number of nitrogens with zero attached hydrogens (tertiary/aromatic N) is 4. The molecule has 11 rings (SSSR count). The van der Waals surface area contributed by atoms with Gasteiger partial charge in [0.2, 0.25) is 0 Å². The third kappa shape index (κ3) is 8.35. The Morgan fingerprint density at radius 1 is 0.182 bits per heavy atom. The minimum atomic E-state index is 0.669. The summed E-state index contributed by atoms with van der Waals surface area (Å²) in [6.45, 7) is 0. The van der Waals surface area contributed by atoms with Crippen LogP contribution in [0.2, 0.25) is 0 Å².